The van der Waals surface area contributed by atoms with Crippen molar-refractivity contribution in [2.24, 2.45) is 5.16 Å². The minimum Gasteiger partial charge on any atom is -0.410 e. The number of hydrogen-bond donors (Lipinski definition) is 2. The average molecular weight is 132 g/mol. The molecule has 0 unspecified atom stereocenters. The van der Waals surface area contributed by atoms with Crippen LogP contribution in [-0.2, 0) is 0 Å². The highest BCUT2D eigenvalue weighted by molar-refractivity contribution is 8.14. The minimum atomic E-state index is 0.723. The van der Waals surface area contributed by atoms with Crippen LogP contribution < -0.4 is 5.32 Å². The van der Waals surface area contributed by atoms with E-state index in [4.69, 9.17) is 5.21 Å². The zero-order chi connectivity index (χ0) is 5.82. The van der Waals surface area contributed by atoms with Gasteiger partial charge in [-0.2, -0.15) is 0 Å². The Morgan fingerprint density at radius 2 is 2.62 bits per heavy atom. The highest BCUT2D eigenvalue weighted by Gasteiger charge is 2.04. The fourth-order valence-corrected chi connectivity index (χ4v) is 1.30. The van der Waals surface area contributed by atoms with Gasteiger partial charge in [-0.15, -0.1) is 11.8 Å². The molecule has 0 aromatic carbocycles. The SMILES string of the molecule is ON=C1CNCCS1. The van der Waals surface area contributed by atoms with E-state index in [-0.39, 0.29) is 0 Å². The summed E-state index contributed by atoms with van der Waals surface area (Å²) in [5, 5.41) is 15.1. The Balaban J connectivity index is 2.33. The molecule has 0 spiro atoms. The lowest BCUT2D eigenvalue weighted by molar-refractivity contribution is 0.319. The van der Waals surface area contributed by atoms with Gasteiger partial charge in [0, 0.05) is 18.8 Å². The molecule has 0 bridgehead atoms. The average Bonchev–Trinajstić information content (AvgIpc) is 1.90. The summed E-state index contributed by atoms with van der Waals surface area (Å²) in [5.41, 5.74) is 0. The van der Waals surface area contributed by atoms with E-state index >= 15 is 0 Å². The van der Waals surface area contributed by atoms with Crippen LogP contribution in [-0.4, -0.2) is 29.1 Å². The first-order valence-electron chi connectivity index (χ1n) is 2.48. The Hall–Kier alpha value is -0.220. The van der Waals surface area contributed by atoms with Crippen molar-refractivity contribution in [3.05, 3.63) is 0 Å². The molecule has 0 aromatic heterocycles. The summed E-state index contributed by atoms with van der Waals surface area (Å²) in [4.78, 5) is 0. The van der Waals surface area contributed by atoms with Gasteiger partial charge in [-0.05, 0) is 0 Å². The lowest BCUT2D eigenvalue weighted by atomic mass is 10.6. The van der Waals surface area contributed by atoms with Crippen LogP contribution in [0.2, 0.25) is 0 Å². The summed E-state index contributed by atoms with van der Waals surface area (Å²) in [6, 6.07) is 0. The second-order valence-corrected chi connectivity index (χ2v) is 2.69. The Morgan fingerprint density at radius 3 is 3.00 bits per heavy atom. The van der Waals surface area contributed by atoms with E-state index in [1.54, 1.807) is 11.8 Å². The number of nitrogens with one attached hydrogen (secondary N) is 1. The first-order valence-corrected chi connectivity index (χ1v) is 3.46. The second-order valence-electron chi connectivity index (χ2n) is 1.52. The molecular weight excluding hydrogens is 124 g/mol. The first kappa shape index (κ1) is 5.91. The van der Waals surface area contributed by atoms with Gasteiger partial charge < -0.3 is 10.5 Å². The topological polar surface area (TPSA) is 44.6 Å². The van der Waals surface area contributed by atoms with E-state index in [9.17, 15) is 0 Å². The van der Waals surface area contributed by atoms with Crippen molar-refractivity contribution in [2.45, 2.75) is 0 Å². The van der Waals surface area contributed by atoms with Gasteiger partial charge in [0.2, 0.25) is 0 Å². The van der Waals surface area contributed by atoms with Crippen LogP contribution in [0.1, 0.15) is 0 Å². The molecule has 0 saturated carbocycles. The van der Waals surface area contributed by atoms with Gasteiger partial charge in [-0.3, -0.25) is 0 Å². The molecule has 1 saturated heterocycles. The van der Waals surface area contributed by atoms with Crippen LogP contribution in [0, 0.1) is 0 Å². The Morgan fingerprint density at radius 1 is 1.75 bits per heavy atom. The number of nitrogens with zero attached hydrogens (tertiary/aromatic N) is 1. The predicted octanol–water partition coefficient (Wildman–Crippen LogP) is 0.111. The van der Waals surface area contributed by atoms with Crippen molar-refractivity contribution >= 4 is 16.8 Å². The monoisotopic (exact) mass is 132 g/mol. The van der Waals surface area contributed by atoms with Crippen LogP contribution >= 0.6 is 11.8 Å². The van der Waals surface area contributed by atoms with E-state index in [0.29, 0.717) is 0 Å². The third kappa shape index (κ3) is 1.38. The molecule has 0 radical (unpaired) electrons. The fraction of sp³-hybridized carbons (Fsp3) is 0.750. The van der Waals surface area contributed by atoms with Crippen molar-refractivity contribution in [3.8, 4) is 0 Å². The molecule has 2 N–H and O–H groups in total. The molecule has 3 nitrogen and oxygen atoms in total. The molecule has 1 heterocycles. The van der Waals surface area contributed by atoms with E-state index in [0.717, 1.165) is 23.9 Å². The number of rotatable bonds is 0. The highest BCUT2D eigenvalue weighted by atomic mass is 32.2. The molecule has 1 aliphatic heterocycles. The number of oxime groups is 1. The van der Waals surface area contributed by atoms with Crippen molar-refractivity contribution in [2.75, 3.05) is 18.8 Å². The molecule has 1 fully saturated rings. The van der Waals surface area contributed by atoms with Gasteiger partial charge >= 0.3 is 0 Å². The number of thioether (sulfide) groups is 1. The zero-order valence-electron chi connectivity index (χ0n) is 4.42. The molecule has 4 heteroatoms. The van der Waals surface area contributed by atoms with E-state index in [1.807, 2.05) is 0 Å². The van der Waals surface area contributed by atoms with Crippen molar-refractivity contribution in [1.82, 2.24) is 5.32 Å². The summed E-state index contributed by atoms with van der Waals surface area (Å²) >= 11 is 1.60. The summed E-state index contributed by atoms with van der Waals surface area (Å²) in [7, 11) is 0. The molecule has 46 valence electrons. The van der Waals surface area contributed by atoms with Gasteiger partial charge in [0.05, 0.1) is 0 Å². The third-order valence-corrected chi connectivity index (χ3v) is 1.90. The van der Waals surface area contributed by atoms with E-state index in [2.05, 4.69) is 10.5 Å². The molecular formula is C4H8N2OS. The Labute approximate surface area is 52.1 Å². The Bertz CT molecular complexity index is 96.2. The third-order valence-electron chi connectivity index (χ3n) is 0.935. The van der Waals surface area contributed by atoms with Gasteiger partial charge in [-0.1, -0.05) is 5.16 Å². The van der Waals surface area contributed by atoms with E-state index < -0.39 is 0 Å². The van der Waals surface area contributed by atoms with Gasteiger partial charge in [-0.25, -0.2) is 0 Å². The molecule has 8 heavy (non-hydrogen) atoms. The fourth-order valence-electron chi connectivity index (χ4n) is 0.552. The quantitative estimate of drug-likeness (QED) is 0.363. The second kappa shape index (κ2) is 2.94. The van der Waals surface area contributed by atoms with Crippen LogP contribution in [0.15, 0.2) is 5.16 Å². The highest BCUT2D eigenvalue weighted by Crippen LogP contribution is 2.04. The lowest BCUT2D eigenvalue weighted by Crippen LogP contribution is -2.29. The summed E-state index contributed by atoms with van der Waals surface area (Å²) in [6.07, 6.45) is 0. The van der Waals surface area contributed by atoms with E-state index in [1.165, 1.54) is 0 Å². The maximum atomic E-state index is 8.22. The van der Waals surface area contributed by atoms with Gasteiger partial charge in [0.1, 0.15) is 5.04 Å². The predicted molar refractivity (Wildman–Crippen MR) is 34.5 cm³/mol. The zero-order valence-corrected chi connectivity index (χ0v) is 5.24. The molecule has 0 atom stereocenters. The standard InChI is InChI=1S/C4H8N2OS/c7-6-4-3-5-1-2-8-4/h5,7H,1-3H2. The van der Waals surface area contributed by atoms with Crippen LogP contribution in [0.4, 0.5) is 0 Å². The minimum absolute atomic E-state index is 0.723. The number of hydrogen-bond acceptors (Lipinski definition) is 4. The summed E-state index contributed by atoms with van der Waals surface area (Å²) in [5.74, 6) is 1.01. The van der Waals surface area contributed by atoms with Gasteiger partial charge in [0.25, 0.3) is 0 Å². The molecule has 0 aliphatic carbocycles. The van der Waals surface area contributed by atoms with Crippen LogP contribution in [0.25, 0.3) is 0 Å². The van der Waals surface area contributed by atoms with Crippen LogP contribution in [0.5, 0.6) is 0 Å². The van der Waals surface area contributed by atoms with Crippen molar-refractivity contribution < 1.29 is 5.21 Å². The maximum absolute atomic E-state index is 8.22. The molecule has 1 rings (SSSR count). The maximum Gasteiger partial charge on any atom is 0.126 e. The molecule has 0 amide bonds. The molecule has 0 aromatic rings. The Kier molecular flexibility index (Phi) is 2.17. The normalized spacial score (nSPS) is 26.2. The van der Waals surface area contributed by atoms with Gasteiger partial charge in [0.15, 0.2) is 0 Å². The summed E-state index contributed by atoms with van der Waals surface area (Å²) in [6.45, 7) is 1.74. The van der Waals surface area contributed by atoms with Crippen molar-refractivity contribution in [3.63, 3.8) is 0 Å². The molecule has 1 aliphatic rings. The lowest BCUT2D eigenvalue weighted by Gasteiger charge is -2.10. The van der Waals surface area contributed by atoms with Crippen LogP contribution in [0.3, 0.4) is 0 Å². The largest absolute Gasteiger partial charge is 0.410 e. The smallest absolute Gasteiger partial charge is 0.126 e. The summed E-state index contributed by atoms with van der Waals surface area (Å²) < 4.78 is 0. The van der Waals surface area contributed by atoms with Crippen molar-refractivity contribution in [1.29, 1.82) is 0 Å². The first-order chi connectivity index (χ1) is 3.93.